The summed E-state index contributed by atoms with van der Waals surface area (Å²) in [5.74, 6) is 0. The van der Waals surface area contributed by atoms with E-state index in [0.717, 1.165) is 10.3 Å². The molecule has 1 aromatic carbocycles. The Kier molecular flexibility index (Phi) is 2.43. The third-order valence-corrected chi connectivity index (χ3v) is 5.46. The van der Waals surface area contributed by atoms with Crippen LogP contribution in [-0.2, 0) is 5.41 Å². The van der Waals surface area contributed by atoms with E-state index in [-0.39, 0.29) is 0 Å². The second kappa shape index (κ2) is 4.04. The Hall–Kier alpha value is -1.41. The molecule has 0 unspecified atom stereocenters. The lowest BCUT2D eigenvalue weighted by Gasteiger charge is -2.24. The molecule has 4 rings (SSSR count). The van der Waals surface area contributed by atoms with Gasteiger partial charge >= 0.3 is 0 Å². The molecule has 1 aliphatic carbocycles. The first kappa shape index (κ1) is 11.4. The first-order valence-corrected chi connectivity index (χ1v) is 7.91. The highest BCUT2D eigenvalue weighted by Gasteiger charge is 2.30. The number of benzene rings is 1. The Labute approximate surface area is 117 Å². The molecule has 1 saturated carbocycles. The lowest BCUT2D eigenvalue weighted by Crippen LogP contribution is -2.16. The molecule has 96 valence electrons. The summed E-state index contributed by atoms with van der Waals surface area (Å²) in [7, 11) is 0. The third-order valence-electron chi connectivity index (χ3n) is 4.64. The molecule has 1 aliphatic rings. The molecule has 1 fully saturated rings. The van der Waals surface area contributed by atoms with Gasteiger partial charge in [0.05, 0.1) is 5.52 Å². The fourth-order valence-electron chi connectivity index (χ4n) is 3.38. The van der Waals surface area contributed by atoms with E-state index in [1.165, 1.54) is 42.0 Å². The second-order valence-electron chi connectivity index (χ2n) is 5.98. The Bertz CT molecular complexity index is 750. The van der Waals surface area contributed by atoms with Crippen molar-refractivity contribution in [3.05, 3.63) is 41.3 Å². The number of thiophene rings is 1. The molecule has 1 nitrogen and oxygen atoms in total. The smallest absolute Gasteiger partial charge is 0.123 e. The molecule has 2 aromatic heterocycles. The highest BCUT2D eigenvalue weighted by molar-refractivity contribution is 7.16. The average Bonchev–Trinajstić information content (AvgIpc) is 3.04. The summed E-state index contributed by atoms with van der Waals surface area (Å²) in [6.07, 6.45) is 5.39. The number of fused-ring (bicyclic) bond motifs is 2. The van der Waals surface area contributed by atoms with Crippen molar-refractivity contribution >= 4 is 32.5 Å². The number of hydrogen-bond donors (Lipinski definition) is 0. The molecule has 19 heavy (non-hydrogen) atoms. The summed E-state index contributed by atoms with van der Waals surface area (Å²) in [5, 5.41) is 4.68. The van der Waals surface area contributed by atoms with Crippen molar-refractivity contribution in [3.63, 3.8) is 0 Å². The lowest BCUT2D eigenvalue weighted by molar-refractivity contribution is 0.492. The zero-order valence-corrected chi connectivity index (χ0v) is 12.0. The van der Waals surface area contributed by atoms with Gasteiger partial charge in [-0.3, -0.25) is 0 Å². The molecular formula is C17H17NS. The SMILES string of the molecule is CC1(c2ccc3nc4sccc4cc3c2)CCCC1. The van der Waals surface area contributed by atoms with Crippen molar-refractivity contribution in [2.45, 2.75) is 38.0 Å². The summed E-state index contributed by atoms with van der Waals surface area (Å²) in [6.45, 7) is 2.41. The largest absolute Gasteiger partial charge is 0.237 e. The molecule has 2 heteroatoms. The summed E-state index contributed by atoms with van der Waals surface area (Å²) >= 11 is 1.72. The van der Waals surface area contributed by atoms with Crippen molar-refractivity contribution in [2.24, 2.45) is 0 Å². The van der Waals surface area contributed by atoms with Crippen LogP contribution in [0.15, 0.2) is 35.7 Å². The molecule has 0 atom stereocenters. The molecular weight excluding hydrogens is 250 g/mol. The van der Waals surface area contributed by atoms with Crippen LogP contribution in [0.2, 0.25) is 0 Å². The molecule has 0 bridgehead atoms. The van der Waals surface area contributed by atoms with Crippen LogP contribution in [0.4, 0.5) is 0 Å². The Morgan fingerprint density at radius 1 is 1.05 bits per heavy atom. The van der Waals surface area contributed by atoms with Gasteiger partial charge in [0.25, 0.3) is 0 Å². The quantitative estimate of drug-likeness (QED) is 0.584. The van der Waals surface area contributed by atoms with Gasteiger partial charge in [0.15, 0.2) is 0 Å². The van der Waals surface area contributed by atoms with Crippen molar-refractivity contribution in [1.29, 1.82) is 0 Å². The monoisotopic (exact) mass is 267 g/mol. The molecule has 0 saturated heterocycles. The second-order valence-corrected chi connectivity index (χ2v) is 6.87. The molecule has 0 N–H and O–H groups in total. The van der Waals surface area contributed by atoms with Gasteiger partial charge < -0.3 is 0 Å². The highest BCUT2D eigenvalue weighted by atomic mass is 32.1. The summed E-state index contributed by atoms with van der Waals surface area (Å²) < 4.78 is 0. The molecule has 0 spiro atoms. The maximum atomic E-state index is 4.75. The van der Waals surface area contributed by atoms with Crippen LogP contribution in [0.25, 0.3) is 21.1 Å². The maximum Gasteiger partial charge on any atom is 0.123 e. The number of nitrogens with zero attached hydrogens (tertiary/aromatic N) is 1. The fourth-order valence-corrected chi connectivity index (χ4v) is 4.14. The first-order chi connectivity index (χ1) is 9.24. The molecule has 0 aliphatic heterocycles. The molecule has 2 heterocycles. The van der Waals surface area contributed by atoms with E-state index in [2.05, 4.69) is 42.6 Å². The van der Waals surface area contributed by atoms with E-state index in [0.29, 0.717) is 5.41 Å². The minimum Gasteiger partial charge on any atom is -0.237 e. The Morgan fingerprint density at radius 3 is 2.74 bits per heavy atom. The van der Waals surface area contributed by atoms with Crippen LogP contribution in [0, 0.1) is 0 Å². The van der Waals surface area contributed by atoms with Crippen LogP contribution in [0.5, 0.6) is 0 Å². The van der Waals surface area contributed by atoms with Gasteiger partial charge in [-0.1, -0.05) is 25.8 Å². The maximum absolute atomic E-state index is 4.75. The predicted octanol–water partition coefficient (Wildman–Crippen LogP) is 5.28. The normalized spacial score (nSPS) is 18.4. The number of hydrogen-bond acceptors (Lipinski definition) is 2. The topological polar surface area (TPSA) is 12.9 Å². The van der Waals surface area contributed by atoms with Crippen molar-refractivity contribution in [1.82, 2.24) is 4.98 Å². The van der Waals surface area contributed by atoms with Crippen LogP contribution >= 0.6 is 11.3 Å². The molecule has 3 aromatic rings. The standard InChI is InChI=1S/C17H17NS/c1-17(7-2-3-8-17)14-4-5-15-13(11-14)10-12-6-9-19-16(12)18-15/h4-6,9-11H,2-3,7-8H2,1H3. The molecule has 0 radical (unpaired) electrons. The average molecular weight is 267 g/mol. The summed E-state index contributed by atoms with van der Waals surface area (Å²) in [5.41, 5.74) is 3.01. The van der Waals surface area contributed by atoms with Gasteiger partial charge in [-0.05, 0) is 53.5 Å². The molecule has 0 amide bonds. The Morgan fingerprint density at radius 2 is 1.89 bits per heavy atom. The van der Waals surface area contributed by atoms with E-state index < -0.39 is 0 Å². The highest BCUT2D eigenvalue weighted by Crippen LogP contribution is 2.41. The van der Waals surface area contributed by atoms with Crippen molar-refractivity contribution in [2.75, 3.05) is 0 Å². The lowest BCUT2D eigenvalue weighted by atomic mass is 9.80. The Balaban J connectivity index is 1.92. The first-order valence-electron chi connectivity index (χ1n) is 7.03. The van der Waals surface area contributed by atoms with E-state index in [1.807, 2.05) is 0 Å². The van der Waals surface area contributed by atoms with Gasteiger partial charge in [0.1, 0.15) is 4.83 Å². The van der Waals surface area contributed by atoms with Crippen molar-refractivity contribution < 1.29 is 0 Å². The van der Waals surface area contributed by atoms with Gasteiger partial charge in [-0.25, -0.2) is 4.98 Å². The van der Waals surface area contributed by atoms with Gasteiger partial charge in [-0.2, -0.15) is 0 Å². The summed E-state index contributed by atoms with van der Waals surface area (Å²) in [4.78, 5) is 5.89. The van der Waals surface area contributed by atoms with Crippen LogP contribution in [-0.4, -0.2) is 4.98 Å². The van der Waals surface area contributed by atoms with Crippen LogP contribution in [0.3, 0.4) is 0 Å². The number of pyridine rings is 1. The fraction of sp³-hybridized carbons (Fsp3) is 0.353. The van der Waals surface area contributed by atoms with E-state index in [9.17, 15) is 0 Å². The van der Waals surface area contributed by atoms with Crippen LogP contribution < -0.4 is 0 Å². The minimum atomic E-state index is 0.387. The predicted molar refractivity (Wildman–Crippen MR) is 82.9 cm³/mol. The minimum absolute atomic E-state index is 0.387. The zero-order valence-electron chi connectivity index (χ0n) is 11.1. The van der Waals surface area contributed by atoms with Crippen molar-refractivity contribution in [3.8, 4) is 0 Å². The van der Waals surface area contributed by atoms with E-state index in [1.54, 1.807) is 11.3 Å². The van der Waals surface area contributed by atoms with Gasteiger partial charge in [0.2, 0.25) is 0 Å². The van der Waals surface area contributed by atoms with Gasteiger partial charge in [0, 0.05) is 10.8 Å². The number of rotatable bonds is 1. The van der Waals surface area contributed by atoms with E-state index >= 15 is 0 Å². The van der Waals surface area contributed by atoms with Gasteiger partial charge in [-0.15, -0.1) is 11.3 Å². The number of aromatic nitrogens is 1. The third kappa shape index (κ3) is 1.78. The van der Waals surface area contributed by atoms with Crippen LogP contribution in [0.1, 0.15) is 38.2 Å². The zero-order chi connectivity index (χ0) is 12.9. The van der Waals surface area contributed by atoms with E-state index in [4.69, 9.17) is 4.98 Å². The summed E-state index contributed by atoms with van der Waals surface area (Å²) in [6, 6.07) is 11.3.